The third kappa shape index (κ3) is 5.94. The van der Waals surface area contributed by atoms with Gasteiger partial charge in [-0.05, 0) is 61.9 Å². The van der Waals surface area contributed by atoms with Crippen molar-refractivity contribution in [1.29, 1.82) is 0 Å². The predicted molar refractivity (Wildman–Crippen MR) is 127 cm³/mol. The molecule has 2 aromatic rings. The van der Waals surface area contributed by atoms with Crippen molar-refractivity contribution in [1.82, 2.24) is 15.2 Å². The van der Waals surface area contributed by atoms with Crippen LogP contribution in [0.3, 0.4) is 0 Å². The first-order valence-electron chi connectivity index (χ1n) is 11.9. The molecule has 170 valence electrons. The standard InChI is InChI=1S/C26H34N4O2/c1-20(19-29-14-16-30(17-15-29)25-8-4-5-13-27-25)28-26(32)12-11-24(31)23-10-9-21-6-2-3-7-22(21)18-23/h4-5,8-10,13,18,20H,2-3,6-7,11-12,14-17,19H2,1H3,(H,28,32). The molecular formula is C26H34N4O2. The minimum absolute atomic E-state index is 0.0454. The van der Waals surface area contributed by atoms with E-state index in [0.29, 0.717) is 0 Å². The molecule has 32 heavy (non-hydrogen) atoms. The number of carbonyl (C=O) groups excluding carboxylic acids is 2. The fourth-order valence-corrected chi connectivity index (χ4v) is 4.76. The number of Topliss-reactive ketones (excluding diaryl/α,β-unsaturated/α-hetero) is 1. The van der Waals surface area contributed by atoms with E-state index in [4.69, 9.17) is 0 Å². The molecule has 1 amide bonds. The van der Waals surface area contributed by atoms with Crippen LogP contribution in [0.1, 0.15) is 54.1 Å². The molecule has 0 saturated carbocycles. The molecule has 1 aliphatic carbocycles. The first-order chi connectivity index (χ1) is 15.6. The number of aromatic nitrogens is 1. The Bertz CT molecular complexity index is 923. The minimum atomic E-state index is -0.0454. The van der Waals surface area contributed by atoms with Crippen molar-refractivity contribution >= 4 is 17.5 Å². The largest absolute Gasteiger partial charge is 0.354 e. The summed E-state index contributed by atoms with van der Waals surface area (Å²) in [6, 6.07) is 12.1. The van der Waals surface area contributed by atoms with E-state index in [9.17, 15) is 9.59 Å². The number of nitrogens with one attached hydrogen (secondary N) is 1. The molecule has 1 aromatic heterocycles. The highest BCUT2D eigenvalue weighted by molar-refractivity contribution is 5.98. The third-order valence-electron chi connectivity index (χ3n) is 6.53. The maximum Gasteiger partial charge on any atom is 0.220 e. The van der Waals surface area contributed by atoms with Crippen molar-refractivity contribution in [3.63, 3.8) is 0 Å². The molecule has 0 spiro atoms. The predicted octanol–water partition coefficient (Wildman–Crippen LogP) is 3.25. The van der Waals surface area contributed by atoms with Gasteiger partial charge in [0, 0.05) is 63.4 Å². The van der Waals surface area contributed by atoms with Crippen LogP contribution in [-0.2, 0) is 17.6 Å². The zero-order valence-corrected chi connectivity index (χ0v) is 19.1. The fourth-order valence-electron chi connectivity index (χ4n) is 4.76. The van der Waals surface area contributed by atoms with Gasteiger partial charge in [0.2, 0.25) is 5.91 Å². The van der Waals surface area contributed by atoms with Crippen LogP contribution >= 0.6 is 0 Å². The molecule has 1 aromatic carbocycles. The summed E-state index contributed by atoms with van der Waals surface area (Å²) >= 11 is 0. The zero-order valence-electron chi connectivity index (χ0n) is 19.1. The van der Waals surface area contributed by atoms with Crippen molar-refractivity contribution in [2.75, 3.05) is 37.6 Å². The van der Waals surface area contributed by atoms with Gasteiger partial charge in [0.25, 0.3) is 0 Å². The Labute approximate surface area is 191 Å². The number of amides is 1. The number of carbonyl (C=O) groups is 2. The Morgan fingerprint density at radius 3 is 2.53 bits per heavy atom. The quantitative estimate of drug-likeness (QED) is 0.646. The molecule has 6 nitrogen and oxygen atoms in total. The molecule has 1 atom stereocenters. The number of hydrogen-bond acceptors (Lipinski definition) is 5. The van der Waals surface area contributed by atoms with Crippen LogP contribution in [0, 0.1) is 0 Å². The molecule has 1 unspecified atom stereocenters. The number of piperazine rings is 1. The highest BCUT2D eigenvalue weighted by Crippen LogP contribution is 2.23. The van der Waals surface area contributed by atoms with Gasteiger partial charge < -0.3 is 10.2 Å². The van der Waals surface area contributed by atoms with Gasteiger partial charge in [-0.25, -0.2) is 4.98 Å². The number of fused-ring (bicyclic) bond motifs is 1. The number of aryl methyl sites for hydroxylation is 2. The fraction of sp³-hybridized carbons (Fsp3) is 0.500. The van der Waals surface area contributed by atoms with Gasteiger partial charge in [-0.1, -0.05) is 18.2 Å². The van der Waals surface area contributed by atoms with E-state index >= 15 is 0 Å². The Hall–Kier alpha value is -2.73. The van der Waals surface area contributed by atoms with Crippen LogP contribution in [0.5, 0.6) is 0 Å². The normalized spacial score (nSPS) is 17.5. The van der Waals surface area contributed by atoms with Gasteiger partial charge in [0.15, 0.2) is 5.78 Å². The summed E-state index contributed by atoms with van der Waals surface area (Å²) in [5.41, 5.74) is 3.43. The summed E-state index contributed by atoms with van der Waals surface area (Å²) in [6.45, 7) is 6.63. The van der Waals surface area contributed by atoms with Crippen LogP contribution in [-0.4, -0.2) is 60.3 Å². The lowest BCUT2D eigenvalue weighted by molar-refractivity contribution is -0.121. The molecule has 0 radical (unpaired) electrons. The van der Waals surface area contributed by atoms with Crippen LogP contribution in [0.2, 0.25) is 0 Å². The van der Waals surface area contributed by atoms with Gasteiger partial charge in [0.05, 0.1) is 0 Å². The number of nitrogens with zero attached hydrogens (tertiary/aromatic N) is 3. The van der Waals surface area contributed by atoms with Crippen LogP contribution in [0.4, 0.5) is 5.82 Å². The summed E-state index contributed by atoms with van der Waals surface area (Å²) in [6.07, 6.45) is 6.94. The lowest BCUT2D eigenvalue weighted by Crippen LogP contribution is -2.51. The molecule has 2 heterocycles. The van der Waals surface area contributed by atoms with E-state index in [1.54, 1.807) is 0 Å². The Balaban J connectivity index is 1.17. The van der Waals surface area contributed by atoms with E-state index in [0.717, 1.165) is 56.9 Å². The summed E-state index contributed by atoms with van der Waals surface area (Å²) in [5, 5.41) is 3.07. The Morgan fingerprint density at radius 2 is 1.78 bits per heavy atom. The third-order valence-corrected chi connectivity index (χ3v) is 6.53. The van der Waals surface area contributed by atoms with Crippen molar-refractivity contribution in [2.24, 2.45) is 0 Å². The van der Waals surface area contributed by atoms with Gasteiger partial charge >= 0.3 is 0 Å². The molecule has 6 heteroatoms. The van der Waals surface area contributed by atoms with Crippen LogP contribution < -0.4 is 10.2 Å². The van der Waals surface area contributed by atoms with Gasteiger partial charge in [0.1, 0.15) is 5.82 Å². The lowest BCUT2D eigenvalue weighted by Gasteiger charge is -2.36. The van der Waals surface area contributed by atoms with Crippen LogP contribution in [0.15, 0.2) is 42.6 Å². The van der Waals surface area contributed by atoms with Crippen LogP contribution in [0.25, 0.3) is 0 Å². The number of benzene rings is 1. The summed E-state index contributed by atoms with van der Waals surface area (Å²) < 4.78 is 0. The molecule has 1 N–H and O–H groups in total. The highest BCUT2D eigenvalue weighted by atomic mass is 16.2. The van der Waals surface area contributed by atoms with Crippen molar-refractivity contribution in [3.05, 3.63) is 59.3 Å². The van der Waals surface area contributed by atoms with Gasteiger partial charge in [-0.3, -0.25) is 14.5 Å². The molecule has 4 rings (SSSR count). The first-order valence-corrected chi connectivity index (χ1v) is 11.9. The Kier molecular flexibility index (Phi) is 7.53. The smallest absolute Gasteiger partial charge is 0.220 e. The second kappa shape index (κ2) is 10.7. The average molecular weight is 435 g/mol. The number of rotatable bonds is 8. The first kappa shape index (κ1) is 22.5. The Morgan fingerprint density at radius 1 is 1.00 bits per heavy atom. The molecule has 0 bridgehead atoms. The number of pyridine rings is 1. The zero-order chi connectivity index (χ0) is 22.3. The second-order valence-corrected chi connectivity index (χ2v) is 9.06. The molecule has 2 aliphatic rings. The van der Waals surface area contributed by atoms with Crippen molar-refractivity contribution in [3.8, 4) is 0 Å². The number of hydrogen-bond donors (Lipinski definition) is 1. The average Bonchev–Trinajstić information content (AvgIpc) is 2.83. The molecule has 1 aliphatic heterocycles. The van der Waals surface area contributed by atoms with E-state index < -0.39 is 0 Å². The molecular weight excluding hydrogens is 400 g/mol. The van der Waals surface area contributed by atoms with Gasteiger partial charge in [-0.15, -0.1) is 0 Å². The molecule has 1 fully saturated rings. The maximum atomic E-state index is 12.6. The highest BCUT2D eigenvalue weighted by Gasteiger charge is 2.20. The summed E-state index contributed by atoms with van der Waals surface area (Å²) in [4.78, 5) is 34.1. The van der Waals surface area contributed by atoms with E-state index in [1.807, 2.05) is 43.5 Å². The van der Waals surface area contributed by atoms with E-state index in [1.165, 1.54) is 24.0 Å². The molecule has 1 saturated heterocycles. The van der Waals surface area contributed by atoms with Gasteiger partial charge in [-0.2, -0.15) is 0 Å². The second-order valence-electron chi connectivity index (χ2n) is 9.06. The summed E-state index contributed by atoms with van der Waals surface area (Å²) in [7, 11) is 0. The number of ketones is 1. The van der Waals surface area contributed by atoms with Crippen molar-refractivity contribution in [2.45, 2.75) is 51.5 Å². The maximum absolute atomic E-state index is 12.6. The number of anilines is 1. The van der Waals surface area contributed by atoms with E-state index in [-0.39, 0.29) is 30.6 Å². The summed E-state index contributed by atoms with van der Waals surface area (Å²) in [5.74, 6) is 1.04. The SMILES string of the molecule is CC(CN1CCN(c2ccccn2)CC1)NC(=O)CCC(=O)c1ccc2c(c1)CCCC2. The lowest BCUT2D eigenvalue weighted by atomic mass is 9.89. The monoisotopic (exact) mass is 434 g/mol. The van der Waals surface area contributed by atoms with Crippen molar-refractivity contribution < 1.29 is 9.59 Å². The minimum Gasteiger partial charge on any atom is -0.354 e. The topological polar surface area (TPSA) is 65.5 Å². The van der Waals surface area contributed by atoms with E-state index in [2.05, 4.69) is 26.2 Å².